The molecule has 0 atom stereocenters. The molecular weight excluding hydrogens is 394 g/mol. The molecule has 0 spiro atoms. The van der Waals surface area contributed by atoms with Crippen LogP contribution in [0.3, 0.4) is 0 Å². The van der Waals surface area contributed by atoms with Crippen molar-refractivity contribution < 1.29 is 14.3 Å². The Balaban J connectivity index is 1.36. The normalized spacial score (nSPS) is 13.9. The number of rotatable bonds is 6. The van der Waals surface area contributed by atoms with Gasteiger partial charge in [-0.25, -0.2) is 9.67 Å². The largest absolute Gasteiger partial charge is 0.497 e. The molecule has 162 valence electrons. The Labute approximate surface area is 182 Å². The van der Waals surface area contributed by atoms with Crippen LogP contribution in [0, 0.1) is 13.8 Å². The number of aromatic nitrogens is 3. The minimum Gasteiger partial charge on any atom is -0.497 e. The molecule has 1 aliphatic heterocycles. The molecule has 0 saturated carbocycles. The smallest absolute Gasteiger partial charge is 0.260 e. The second-order valence-electron chi connectivity index (χ2n) is 7.45. The van der Waals surface area contributed by atoms with Gasteiger partial charge in [-0.05, 0) is 38.1 Å². The van der Waals surface area contributed by atoms with E-state index in [1.807, 2.05) is 52.9 Å². The molecule has 0 bridgehead atoms. The molecule has 31 heavy (non-hydrogen) atoms. The molecule has 1 saturated heterocycles. The molecule has 1 aliphatic rings. The number of carbonyl (C=O) groups excluding carboxylic acids is 1. The van der Waals surface area contributed by atoms with Gasteiger partial charge in [0, 0.05) is 38.4 Å². The maximum Gasteiger partial charge on any atom is 0.260 e. The predicted molar refractivity (Wildman–Crippen MR) is 118 cm³/mol. The summed E-state index contributed by atoms with van der Waals surface area (Å²) in [4.78, 5) is 21.2. The zero-order valence-corrected chi connectivity index (χ0v) is 18.1. The lowest BCUT2D eigenvalue weighted by Crippen LogP contribution is -2.50. The minimum atomic E-state index is -0.0138. The van der Waals surface area contributed by atoms with Crippen molar-refractivity contribution in [3.8, 4) is 17.3 Å². The van der Waals surface area contributed by atoms with Crippen molar-refractivity contribution in [2.75, 3.05) is 44.8 Å². The number of amides is 1. The zero-order chi connectivity index (χ0) is 21.8. The van der Waals surface area contributed by atoms with Crippen LogP contribution in [0.2, 0.25) is 0 Å². The lowest BCUT2D eigenvalue weighted by Gasteiger charge is -2.36. The maximum atomic E-state index is 12.6. The molecule has 3 aromatic rings. The third-order valence-electron chi connectivity index (χ3n) is 5.47. The van der Waals surface area contributed by atoms with Crippen LogP contribution in [0.1, 0.15) is 11.4 Å². The number of ether oxygens (including phenoxy) is 2. The molecular formula is C23H27N5O3. The van der Waals surface area contributed by atoms with Crippen LogP contribution in [0.15, 0.2) is 48.7 Å². The van der Waals surface area contributed by atoms with E-state index in [-0.39, 0.29) is 12.5 Å². The summed E-state index contributed by atoms with van der Waals surface area (Å²) in [5.74, 6) is 2.12. The van der Waals surface area contributed by atoms with E-state index < -0.39 is 0 Å². The molecule has 8 heteroatoms. The summed E-state index contributed by atoms with van der Waals surface area (Å²) in [6, 6.07) is 13.1. The van der Waals surface area contributed by atoms with Crippen molar-refractivity contribution in [1.29, 1.82) is 0 Å². The van der Waals surface area contributed by atoms with Gasteiger partial charge in [-0.2, -0.15) is 5.10 Å². The first-order valence-electron chi connectivity index (χ1n) is 10.3. The first-order chi connectivity index (χ1) is 15.1. The van der Waals surface area contributed by atoms with Crippen molar-refractivity contribution in [2.45, 2.75) is 13.8 Å². The number of aryl methyl sites for hydroxylation is 1. The fourth-order valence-corrected chi connectivity index (χ4v) is 3.90. The van der Waals surface area contributed by atoms with Crippen LogP contribution in [-0.2, 0) is 4.79 Å². The number of piperazine rings is 1. The van der Waals surface area contributed by atoms with Crippen molar-refractivity contribution in [1.82, 2.24) is 19.7 Å². The Morgan fingerprint density at radius 1 is 1.03 bits per heavy atom. The summed E-state index contributed by atoms with van der Waals surface area (Å²) in [5, 5.41) is 4.69. The molecule has 2 aromatic heterocycles. The van der Waals surface area contributed by atoms with E-state index in [0.717, 1.165) is 36.0 Å². The van der Waals surface area contributed by atoms with Gasteiger partial charge < -0.3 is 19.3 Å². The molecule has 8 nitrogen and oxygen atoms in total. The quantitative estimate of drug-likeness (QED) is 0.609. The van der Waals surface area contributed by atoms with Crippen molar-refractivity contribution in [2.24, 2.45) is 0 Å². The van der Waals surface area contributed by atoms with Crippen LogP contribution in [-0.4, -0.2) is 65.5 Å². The Hall–Kier alpha value is -3.55. The number of pyridine rings is 1. The highest BCUT2D eigenvalue weighted by Crippen LogP contribution is 2.27. The monoisotopic (exact) mass is 421 g/mol. The van der Waals surface area contributed by atoms with E-state index >= 15 is 0 Å². The van der Waals surface area contributed by atoms with Gasteiger partial charge in [-0.3, -0.25) is 4.79 Å². The first kappa shape index (κ1) is 20.7. The zero-order valence-electron chi connectivity index (χ0n) is 18.1. The second-order valence-corrected chi connectivity index (χ2v) is 7.45. The SMILES string of the molecule is COc1cccc(OCC(=O)N2CCN(c3c(C)nn(-c4ccccn4)c3C)CC2)c1. The topological polar surface area (TPSA) is 72.7 Å². The molecule has 0 unspecified atom stereocenters. The summed E-state index contributed by atoms with van der Waals surface area (Å²) in [6.07, 6.45) is 1.77. The average Bonchev–Trinajstić information content (AvgIpc) is 3.12. The number of methoxy groups -OCH3 is 1. The number of anilines is 1. The van der Waals surface area contributed by atoms with Gasteiger partial charge in [0.15, 0.2) is 12.4 Å². The average molecular weight is 422 g/mol. The second kappa shape index (κ2) is 9.07. The Morgan fingerprint density at radius 2 is 1.81 bits per heavy atom. The molecule has 1 aromatic carbocycles. The van der Waals surface area contributed by atoms with E-state index in [1.165, 1.54) is 0 Å². The van der Waals surface area contributed by atoms with Gasteiger partial charge in [0.2, 0.25) is 0 Å². The van der Waals surface area contributed by atoms with E-state index in [1.54, 1.807) is 19.4 Å². The molecule has 0 radical (unpaired) electrons. The van der Waals surface area contributed by atoms with E-state index in [0.29, 0.717) is 24.6 Å². The van der Waals surface area contributed by atoms with Gasteiger partial charge in [0.05, 0.1) is 24.2 Å². The van der Waals surface area contributed by atoms with Gasteiger partial charge in [-0.15, -0.1) is 0 Å². The lowest BCUT2D eigenvalue weighted by molar-refractivity contribution is -0.133. The Kier molecular flexibility index (Phi) is 6.06. The molecule has 3 heterocycles. The number of hydrogen-bond acceptors (Lipinski definition) is 6. The van der Waals surface area contributed by atoms with Crippen LogP contribution in [0.5, 0.6) is 11.5 Å². The minimum absolute atomic E-state index is 0.0138. The van der Waals surface area contributed by atoms with E-state index in [2.05, 4.69) is 21.9 Å². The summed E-state index contributed by atoms with van der Waals surface area (Å²) in [7, 11) is 1.60. The molecule has 4 rings (SSSR count). The highest BCUT2D eigenvalue weighted by atomic mass is 16.5. The van der Waals surface area contributed by atoms with Gasteiger partial charge >= 0.3 is 0 Å². The number of carbonyl (C=O) groups is 1. The Bertz CT molecular complexity index is 1040. The number of nitrogens with zero attached hydrogens (tertiary/aromatic N) is 5. The standard InChI is InChI=1S/C23H27N5O3/c1-17-23(18(2)28(25-17)21-9-4-5-10-24-21)27-13-11-26(12-14-27)22(29)16-31-20-8-6-7-19(15-20)30-3/h4-10,15H,11-14,16H2,1-3H3. The summed E-state index contributed by atoms with van der Waals surface area (Å²) < 4.78 is 12.7. The van der Waals surface area contributed by atoms with Crippen molar-refractivity contribution in [3.63, 3.8) is 0 Å². The van der Waals surface area contributed by atoms with Crippen LogP contribution in [0.25, 0.3) is 5.82 Å². The predicted octanol–water partition coefficient (Wildman–Crippen LogP) is 2.62. The number of benzene rings is 1. The Morgan fingerprint density at radius 3 is 2.52 bits per heavy atom. The molecule has 0 N–H and O–H groups in total. The van der Waals surface area contributed by atoms with Crippen LogP contribution in [0.4, 0.5) is 5.69 Å². The summed E-state index contributed by atoms with van der Waals surface area (Å²) in [5.41, 5.74) is 3.13. The first-order valence-corrected chi connectivity index (χ1v) is 10.3. The highest BCUT2D eigenvalue weighted by Gasteiger charge is 2.26. The third-order valence-corrected chi connectivity index (χ3v) is 5.47. The van der Waals surface area contributed by atoms with Gasteiger partial charge in [0.1, 0.15) is 11.5 Å². The highest BCUT2D eigenvalue weighted by molar-refractivity contribution is 5.78. The fraction of sp³-hybridized carbons (Fsp3) is 0.348. The van der Waals surface area contributed by atoms with Gasteiger partial charge in [-0.1, -0.05) is 12.1 Å². The van der Waals surface area contributed by atoms with E-state index in [4.69, 9.17) is 9.47 Å². The third kappa shape index (κ3) is 4.47. The molecule has 0 aliphatic carbocycles. The summed E-state index contributed by atoms with van der Waals surface area (Å²) in [6.45, 7) is 6.89. The molecule has 1 amide bonds. The lowest BCUT2D eigenvalue weighted by atomic mass is 10.2. The van der Waals surface area contributed by atoms with Gasteiger partial charge in [0.25, 0.3) is 5.91 Å². The fourth-order valence-electron chi connectivity index (χ4n) is 3.90. The van der Waals surface area contributed by atoms with Crippen molar-refractivity contribution in [3.05, 3.63) is 60.0 Å². The summed E-state index contributed by atoms with van der Waals surface area (Å²) >= 11 is 0. The van der Waals surface area contributed by atoms with Crippen LogP contribution >= 0.6 is 0 Å². The number of hydrogen-bond donors (Lipinski definition) is 0. The van der Waals surface area contributed by atoms with E-state index in [9.17, 15) is 4.79 Å². The van der Waals surface area contributed by atoms with Crippen LogP contribution < -0.4 is 14.4 Å². The molecule has 1 fully saturated rings. The van der Waals surface area contributed by atoms with Crippen molar-refractivity contribution >= 4 is 11.6 Å². The maximum absolute atomic E-state index is 12.6.